The van der Waals surface area contributed by atoms with Gasteiger partial charge in [-0.25, -0.2) is 4.79 Å². The fourth-order valence-corrected chi connectivity index (χ4v) is 5.63. The Morgan fingerprint density at radius 1 is 0.737 bits per heavy atom. The van der Waals surface area contributed by atoms with Crippen LogP contribution in [0.25, 0.3) is 0 Å². The van der Waals surface area contributed by atoms with Crippen LogP contribution in [0.1, 0.15) is 66.2 Å². The van der Waals surface area contributed by atoms with Crippen LogP contribution in [0.5, 0.6) is 0 Å². The molecular formula is C33H60N14O10. The molecule has 1 heterocycles. The molecule has 0 aromatic carbocycles. The average Bonchev–Trinajstić information content (AvgIpc) is 3.63. The molecule has 7 amide bonds. The normalized spacial score (nSPS) is 16.7. The summed E-state index contributed by atoms with van der Waals surface area (Å²) in [6.07, 6.45) is -0.0169. The number of aliphatic imine (C=N–C) groups is 2. The third-order valence-corrected chi connectivity index (χ3v) is 8.69. The first-order valence-corrected chi connectivity index (χ1v) is 18.5. The van der Waals surface area contributed by atoms with Gasteiger partial charge in [-0.2, -0.15) is 0 Å². The first-order valence-electron chi connectivity index (χ1n) is 18.5. The van der Waals surface area contributed by atoms with Crippen molar-refractivity contribution in [1.29, 1.82) is 0 Å². The summed E-state index contributed by atoms with van der Waals surface area (Å²) in [6, 6.07) is -7.45. The van der Waals surface area contributed by atoms with Crippen molar-refractivity contribution in [2.75, 3.05) is 32.7 Å². The van der Waals surface area contributed by atoms with Crippen molar-refractivity contribution in [3.05, 3.63) is 0 Å². The maximum absolute atomic E-state index is 13.5. The van der Waals surface area contributed by atoms with Gasteiger partial charge in [0.1, 0.15) is 30.2 Å². The van der Waals surface area contributed by atoms with Crippen molar-refractivity contribution >= 4 is 59.2 Å². The zero-order chi connectivity index (χ0) is 43.4. The molecule has 0 bridgehead atoms. The number of nitrogens with two attached hydrogens (primary N) is 5. The van der Waals surface area contributed by atoms with Crippen molar-refractivity contribution in [3.63, 3.8) is 0 Å². The smallest absolute Gasteiger partial charge is 0.328 e. The second-order valence-corrected chi connectivity index (χ2v) is 13.8. The maximum atomic E-state index is 13.5. The number of amides is 7. The van der Waals surface area contributed by atoms with E-state index in [-0.39, 0.29) is 57.2 Å². The van der Waals surface area contributed by atoms with Crippen LogP contribution >= 0.6 is 0 Å². The Bertz CT molecular complexity index is 1480. The van der Waals surface area contributed by atoms with Crippen molar-refractivity contribution < 1.29 is 48.6 Å². The Balaban J connectivity index is 3.06. The summed E-state index contributed by atoms with van der Waals surface area (Å²) >= 11 is 0. The summed E-state index contributed by atoms with van der Waals surface area (Å²) in [6.45, 7) is 5.32. The van der Waals surface area contributed by atoms with E-state index in [9.17, 15) is 48.6 Å². The van der Waals surface area contributed by atoms with Crippen LogP contribution in [0, 0.1) is 5.92 Å². The van der Waals surface area contributed by atoms with Crippen LogP contribution in [0.2, 0.25) is 0 Å². The molecule has 18 N–H and O–H groups in total. The predicted molar refractivity (Wildman–Crippen MR) is 206 cm³/mol. The van der Waals surface area contributed by atoms with Gasteiger partial charge < -0.3 is 75.7 Å². The van der Waals surface area contributed by atoms with E-state index in [2.05, 4.69) is 41.9 Å². The van der Waals surface area contributed by atoms with Crippen LogP contribution in [0.15, 0.2) is 9.98 Å². The number of aliphatic hydroxyl groups is 1. The van der Waals surface area contributed by atoms with Gasteiger partial charge in [-0.05, 0) is 58.3 Å². The SMILES string of the molecule is CC(C)[C@H](NC(=O)CNC(=O)[C@H](CCCN=C(N)N)NC(=O)[C@@H]1CCCN1C(=O)CN)C(=O)N[C@@H](CCCN=C(N)N)C(=O)N[C@@H](C)C(=O)N[C@H](C(=O)O)[C@@H](C)O. The number of hydrogen-bond donors (Lipinski definition) is 13. The van der Waals surface area contributed by atoms with Crippen molar-refractivity contribution in [3.8, 4) is 0 Å². The fraction of sp³-hybridized carbons (Fsp3) is 0.697. The van der Waals surface area contributed by atoms with Gasteiger partial charge in [-0.3, -0.25) is 43.5 Å². The number of nitrogens with one attached hydrogen (secondary N) is 6. The van der Waals surface area contributed by atoms with Gasteiger partial charge in [0.25, 0.3) is 0 Å². The maximum Gasteiger partial charge on any atom is 0.328 e. The van der Waals surface area contributed by atoms with Gasteiger partial charge in [0.05, 0.1) is 19.2 Å². The van der Waals surface area contributed by atoms with E-state index < -0.39 is 102 Å². The molecule has 1 saturated heterocycles. The Kier molecular flexibility index (Phi) is 21.3. The molecule has 1 fully saturated rings. The highest BCUT2D eigenvalue weighted by atomic mass is 16.4. The Morgan fingerprint density at radius 3 is 1.79 bits per heavy atom. The van der Waals surface area contributed by atoms with Crippen LogP contribution < -0.4 is 60.6 Å². The molecule has 1 rings (SSSR count). The van der Waals surface area contributed by atoms with Crippen LogP contribution in [0.3, 0.4) is 0 Å². The van der Waals surface area contributed by atoms with E-state index >= 15 is 0 Å². The molecule has 57 heavy (non-hydrogen) atoms. The minimum atomic E-state index is -1.65. The van der Waals surface area contributed by atoms with E-state index in [0.717, 1.165) is 6.92 Å². The lowest BCUT2D eigenvalue weighted by molar-refractivity contribution is -0.145. The number of hydrogen-bond acceptors (Lipinski definition) is 12. The zero-order valence-corrected chi connectivity index (χ0v) is 32.8. The monoisotopic (exact) mass is 812 g/mol. The largest absolute Gasteiger partial charge is 0.480 e. The number of aliphatic carboxylic acids is 1. The van der Waals surface area contributed by atoms with Crippen molar-refractivity contribution in [2.24, 2.45) is 44.6 Å². The van der Waals surface area contributed by atoms with E-state index in [1.165, 1.54) is 11.8 Å². The highest BCUT2D eigenvalue weighted by molar-refractivity contribution is 5.96. The predicted octanol–water partition coefficient (Wildman–Crippen LogP) is -6.28. The van der Waals surface area contributed by atoms with E-state index in [4.69, 9.17) is 28.7 Å². The molecule has 1 aliphatic rings. The molecule has 7 atom stereocenters. The molecule has 0 aliphatic carbocycles. The molecule has 322 valence electrons. The third kappa shape index (κ3) is 17.7. The number of nitrogens with zero attached hydrogens (tertiary/aromatic N) is 3. The van der Waals surface area contributed by atoms with Crippen molar-refractivity contribution in [2.45, 2.75) is 109 Å². The second-order valence-electron chi connectivity index (χ2n) is 13.8. The van der Waals surface area contributed by atoms with Gasteiger partial charge in [-0.15, -0.1) is 0 Å². The summed E-state index contributed by atoms with van der Waals surface area (Å²) in [5.41, 5.74) is 27.0. The standard InChI is InChI=1S/C33H60N14O10/c1-16(2)24(30(55)44-20(9-6-12-40-33(37)38)28(53)42-17(3)26(51)46-25(18(4)48)31(56)57)45-22(49)15-41-27(52)19(8-5-11-39-32(35)36)43-29(54)21-10-7-13-47(21)23(50)14-34/h16-21,24-25,48H,5-15,34H2,1-4H3,(H,41,52)(H,42,53)(H,43,54)(H,44,55)(H,45,49)(H,46,51)(H,56,57)(H4,35,36,39)(H4,37,38,40)/t17-,18+,19-,20-,21-,24-,25-/m0/s1. The molecule has 0 aromatic rings. The summed E-state index contributed by atoms with van der Waals surface area (Å²) in [7, 11) is 0. The number of carboxylic acids is 1. The number of likely N-dealkylation sites (tertiary alicyclic amines) is 1. The molecule has 0 aromatic heterocycles. The minimum Gasteiger partial charge on any atom is -0.480 e. The first-order chi connectivity index (χ1) is 26.7. The van der Waals surface area contributed by atoms with E-state index in [0.29, 0.717) is 19.4 Å². The Morgan fingerprint density at radius 2 is 1.30 bits per heavy atom. The molecule has 24 nitrogen and oxygen atoms in total. The number of carbonyl (C=O) groups excluding carboxylic acids is 7. The van der Waals surface area contributed by atoms with E-state index in [1.807, 2.05) is 0 Å². The number of rotatable bonds is 24. The van der Waals surface area contributed by atoms with Gasteiger partial charge in [0.2, 0.25) is 41.4 Å². The number of aliphatic hydroxyl groups excluding tert-OH is 1. The quantitative estimate of drug-likeness (QED) is 0.0245. The van der Waals surface area contributed by atoms with Gasteiger partial charge in [0, 0.05) is 19.6 Å². The summed E-state index contributed by atoms with van der Waals surface area (Å²) in [4.78, 5) is 112. The lowest BCUT2D eigenvalue weighted by Crippen LogP contribution is -2.59. The molecule has 24 heteroatoms. The van der Waals surface area contributed by atoms with Gasteiger partial charge in [-0.1, -0.05) is 13.8 Å². The Labute approximate surface area is 330 Å². The molecular weight excluding hydrogens is 752 g/mol. The second kappa shape index (κ2) is 24.7. The Hall–Kier alpha value is -5.78. The van der Waals surface area contributed by atoms with Gasteiger partial charge >= 0.3 is 5.97 Å². The van der Waals surface area contributed by atoms with Crippen LogP contribution in [0.4, 0.5) is 0 Å². The molecule has 0 radical (unpaired) electrons. The molecule has 0 unspecified atom stereocenters. The molecule has 1 aliphatic heterocycles. The minimum absolute atomic E-state index is 0.0295. The summed E-state index contributed by atoms with van der Waals surface area (Å²) < 4.78 is 0. The molecule has 0 spiro atoms. The van der Waals surface area contributed by atoms with E-state index in [1.54, 1.807) is 13.8 Å². The van der Waals surface area contributed by atoms with Crippen LogP contribution in [-0.2, 0) is 38.4 Å². The highest BCUT2D eigenvalue weighted by Gasteiger charge is 2.36. The number of carboxylic acid groups (broad SMARTS) is 1. The highest BCUT2D eigenvalue weighted by Crippen LogP contribution is 2.18. The lowest BCUT2D eigenvalue weighted by Gasteiger charge is -2.27. The number of guanidine groups is 2. The number of carbonyl (C=O) groups is 8. The summed E-state index contributed by atoms with van der Waals surface area (Å²) in [5, 5.41) is 33.7. The zero-order valence-electron chi connectivity index (χ0n) is 32.8. The fourth-order valence-electron chi connectivity index (χ4n) is 5.63. The first kappa shape index (κ1) is 49.2. The third-order valence-electron chi connectivity index (χ3n) is 8.69. The average molecular weight is 813 g/mol. The summed E-state index contributed by atoms with van der Waals surface area (Å²) in [5.74, 6) is -7.46. The lowest BCUT2D eigenvalue weighted by atomic mass is 10.0. The van der Waals surface area contributed by atoms with Crippen molar-refractivity contribution in [1.82, 2.24) is 36.8 Å². The topological polar surface area (TPSA) is 407 Å². The van der Waals surface area contributed by atoms with Gasteiger partial charge in [0.15, 0.2) is 18.0 Å². The molecule has 0 saturated carbocycles. The van der Waals surface area contributed by atoms with Crippen LogP contribution in [-0.4, -0.2) is 149 Å².